The highest BCUT2D eigenvalue weighted by atomic mass is 16.5. The van der Waals surface area contributed by atoms with Crippen molar-refractivity contribution in [1.82, 2.24) is 0 Å². The van der Waals surface area contributed by atoms with Crippen molar-refractivity contribution in [3.05, 3.63) is 76.5 Å². The van der Waals surface area contributed by atoms with Gasteiger partial charge in [-0.05, 0) is 62.4 Å². The molecular weight excluding hydrogens is 482 g/mol. The SMILES string of the molecule is CCOC(=O)C1=C(C)N=C2C[C@@H](c3cccc(OC)c3)[C@H](C(=O)OCC)C(=O)C2[C@H]1c1ccc(CC)cc1. The summed E-state index contributed by atoms with van der Waals surface area (Å²) in [7, 11) is 1.58. The Bertz CT molecular complexity index is 1280. The fourth-order valence-corrected chi connectivity index (χ4v) is 5.66. The first-order chi connectivity index (χ1) is 18.3. The van der Waals surface area contributed by atoms with E-state index in [1.807, 2.05) is 48.5 Å². The van der Waals surface area contributed by atoms with E-state index in [-0.39, 0.29) is 19.0 Å². The van der Waals surface area contributed by atoms with Crippen LogP contribution in [0.1, 0.15) is 62.6 Å². The van der Waals surface area contributed by atoms with Gasteiger partial charge < -0.3 is 14.2 Å². The Morgan fingerprint density at radius 1 is 0.947 bits per heavy atom. The van der Waals surface area contributed by atoms with Crippen LogP contribution in [0.2, 0.25) is 0 Å². The lowest BCUT2D eigenvalue weighted by Crippen LogP contribution is -2.48. The summed E-state index contributed by atoms with van der Waals surface area (Å²) in [5.74, 6) is -3.59. The molecule has 0 amide bonds. The molecule has 2 aromatic rings. The molecule has 38 heavy (non-hydrogen) atoms. The predicted octanol–water partition coefficient (Wildman–Crippen LogP) is 5.19. The number of hydrogen-bond acceptors (Lipinski definition) is 7. The average Bonchev–Trinajstić information content (AvgIpc) is 2.92. The van der Waals surface area contributed by atoms with E-state index in [1.165, 1.54) is 0 Å². The highest BCUT2D eigenvalue weighted by Gasteiger charge is 2.53. The largest absolute Gasteiger partial charge is 0.497 e. The third kappa shape index (κ3) is 5.15. The smallest absolute Gasteiger partial charge is 0.336 e. The van der Waals surface area contributed by atoms with Crippen LogP contribution in [0, 0.1) is 11.8 Å². The van der Waals surface area contributed by atoms with Crippen LogP contribution >= 0.6 is 0 Å². The van der Waals surface area contributed by atoms with Gasteiger partial charge in [0.25, 0.3) is 0 Å². The molecule has 1 saturated carbocycles. The van der Waals surface area contributed by atoms with Crippen molar-refractivity contribution in [2.24, 2.45) is 16.8 Å². The molecule has 2 aromatic carbocycles. The zero-order valence-electron chi connectivity index (χ0n) is 22.7. The number of hydrogen-bond donors (Lipinski definition) is 0. The number of carbonyl (C=O) groups excluding carboxylic acids is 3. The Morgan fingerprint density at radius 2 is 1.66 bits per heavy atom. The van der Waals surface area contributed by atoms with Gasteiger partial charge in [-0.2, -0.15) is 0 Å². The van der Waals surface area contributed by atoms with Gasteiger partial charge in [0.15, 0.2) is 5.78 Å². The third-order valence-corrected chi connectivity index (χ3v) is 7.45. The first-order valence-electron chi connectivity index (χ1n) is 13.2. The van der Waals surface area contributed by atoms with Gasteiger partial charge >= 0.3 is 11.9 Å². The Labute approximate surface area is 223 Å². The maximum absolute atomic E-state index is 14.4. The number of methoxy groups -OCH3 is 1. The van der Waals surface area contributed by atoms with Crippen molar-refractivity contribution in [2.75, 3.05) is 20.3 Å². The number of esters is 2. The monoisotopic (exact) mass is 517 g/mol. The lowest BCUT2D eigenvalue weighted by atomic mass is 9.62. The van der Waals surface area contributed by atoms with Gasteiger partial charge in [-0.1, -0.05) is 43.3 Å². The maximum Gasteiger partial charge on any atom is 0.336 e. The molecule has 1 fully saturated rings. The number of Topliss-reactive ketones (excluding diaryl/α,β-unsaturated/α-hetero) is 1. The van der Waals surface area contributed by atoms with Gasteiger partial charge in [0, 0.05) is 23.2 Å². The van der Waals surface area contributed by atoms with Crippen LogP contribution in [0.25, 0.3) is 0 Å². The van der Waals surface area contributed by atoms with Gasteiger partial charge in [0.05, 0.1) is 31.8 Å². The molecule has 7 heteroatoms. The molecule has 4 rings (SSSR count). The van der Waals surface area contributed by atoms with E-state index in [9.17, 15) is 14.4 Å². The highest BCUT2D eigenvalue weighted by Crippen LogP contribution is 2.48. The number of rotatable bonds is 8. The van der Waals surface area contributed by atoms with Crippen molar-refractivity contribution in [1.29, 1.82) is 0 Å². The zero-order chi connectivity index (χ0) is 27.4. The van der Waals surface area contributed by atoms with E-state index in [0.717, 1.165) is 23.1 Å². The summed E-state index contributed by atoms with van der Waals surface area (Å²) in [6.45, 7) is 7.69. The summed E-state index contributed by atoms with van der Waals surface area (Å²) in [4.78, 5) is 45.7. The van der Waals surface area contributed by atoms with E-state index in [1.54, 1.807) is 27.9 Å². The molecule has 0 bridgehead atoms. The average molecular weight is 518 g/mol. The van der Waals surface area contributed by atoms with Crippen molar-refractivity contribution in [2.45, 2.75) is 52.4 Å². The molecule has 0 aromatic heterocycles. The van der Waals surface area contributed by atoms with E-state index >= 15 is 0 Å². The first kappa shape index (κ1) is 27.3. The minimum Gasteiger partial charge on any atom is -0.497 e. The fraction of sp³-hybridized carbons (Fsp3) is 0.419. The number of aliphatic imine (C=N–C) groups is 1. The second-order valence-electron chi connectivity index (χ2n) is 9.59. The van der Waals surface area contributed by atoms with E-state index in [2.05, 4.69) is 6.92 Å². The summed E-state index contributed by atoms with van der Waals surface area (Å²) in [6.07, 6.45) is 1.25. The summed E-state index contributed by atoms with van der Waals surface area (Å²) in [6, 6.07) is 15.3. The molecule has 4 atom stereocenters. The molecule has 0 spiro atoms. The number of benzene rings is 2. The summed E-state index contributed by atoms with van der Waals surface area (Å²) < 4.78 is 16.2. The van der Waals surface area contributed by atoms with Crippen molar-refractivity contribution >= 4 is 23.4 Å². The van der Waals surface area contributed by atoms with Crippen LogP contribution in [0.5, 0.6) is 5.75 Å². The van der Waals surface area contributed by atoms with Crippen molar-refractivity contribution < 1.29 is 28.6 Å². The number of aryl methyl sites for hydroxylation is 1. The number of ketones is 1. The zero-order valence-corrected chi connectivity index (χ0v) is 22.7. The van der Waals surface area contributed by atoms with Gasteiger partial charge in [-0.25, -0.2) is 4.79 Å². The molecule has 1 aliphatic heterocycles. The number of allylic oxidation sites excluding steroid dienone is 1. The second kappa shape index (κ2) is 11.8. The number of fused-ring (bicyclic) bond motifs is 1. The predicted molar refractivity (Wildman–Crippen MR) is 144 cm³/mol. The normalized spacial score (nSPS) is 22.9. The topological polar surface area (TPSA) is 91.3 Å². The van der Waals surface area contributed by atoms with E-state index in [4.69, 9.17) is 19.2 Å². The van der Waals surface area contributed by atoms with Gasteiger partial charge in [0.1, 0.15) is 11.7 Å². The molecule has 0 N–H and O–H groups in total. The lowest BCUT2D eigenvalue weighted by Gasteiger charge is -2.41. The van der Waals surface area contributed by atoms with Crippen LogP contribution in [0.3, 0.4) is 0 Å². The number of ether oxygens (including phenoxy) is 3. The maximum atomic E-state index is 14.4. The molecule has 1 aliphatic carbocycles. The fourth-order valence-electron chi connectivity index (χ4n) is 5.66. The van der Waals surface area contributed by atoms with Gasteiger partial charge in [0.2, 0.25) is 0 Å². The second-order valence-corrected chi connectivity index (χ2v) is 9.59. The Kier molecular flexibility index (Phi) is 8.45. The highest BCUT2D eigenvalue weighted by molar-refractivity contribution is 6.17. The molecule has 0 radical (unpaired) electrons. The Balaban J connectivity index is 1.88. The number of nitrogens with zero attached hydrogens (tertiary/aromatic N) is 1. The van der Waals surface area contributed by atoms with Crippen molar-refractivity contribution in [3.8, 4) is 5.75 Å². The van der Waals surface area contributed by atoms with Crippen LogP contribution in [-0.2, 0) is 30.3 Å². The van der Waals surface area contributed by atoms with E-state index in [0.29, 0.717) is 29.2 Å². The molecular formula is C31H35NO6. The quantitative estimate of drug-likeness (QED) is 0.354. The van der Waals surface area contributed by atoms with E-state index < -0.39 is 35.6 Å². The molecule has 200 valence electrons. The van der Waals surface area contributed by atoms with Crippen LogP contribution in [0.4, 0.5) is 0 Å². The van der Waals surface area contributed by atoms with Gasteiger partial charge in [-0.15, -0.1) is 0 Å². The third-order valence-electron chi connectivity index (χ3n) is 7.45. The number of carbonyl (C=O) groups is 3. The summed E-state index contributed by atoms with van der Waals surface area (Å²) in [5, 5.41) is 0. The Hall–Kier alpha value is -3.74. The molecule has 2 aliphatic rings. The van der Waals surface area contributed by atoms with Crippen LogP contribution in [-0.4, -0.2) is 43.8 Å². The van der Waals surface area contributed by atoms with Gasteiger partial charge in [-0.3, -0.25) is 14.6 Å². The molecule has 1 unspecified atom stereocenters. The Morgan fingerprint density at radius 3 is 2.29 bits per heavy atom. The standard InChI is InChI=1S/C31H35NO6/c1-6-19-12-14-20(15-13-19)26-25(30(34)37-7-2)18(4)32-24-17-23(21-10-9-11-22(16-21)36-5)27(29(33)28(24)26)31(35)38-8-3/h9-16,23,26-28H,6-8,17H2,1-5H3/t23-,26-,27-,28?/m0/s1. The minimum absolute atomic E-state index is 0.161. The molecule has 7 nitrogen and oxygen atoms in total. The summed E-state index contributed by atoms with van der Waals surface area (Å²) >= 11 is 0. The summed E-state index contributed by atoms with van der Waals surface area (Å²) in [5.41, 5.74) is 4.33. The van der Waals surface area contributed by atoms with Crippen LogP contribution < -0.4 is 4.74 Å². The minimum atomic E-state index is -1.04. The molecule has 1 heterocycles. The van der Waals surface area contributed by atoms with Crippen molar-refractivity contribution in [3.63, 3.8) is 0 Å². The van der Waals surface area contributed by atoms with Crippen LogP contribution in [0.15, 0.2) is 64.8 Å². The first-order valence-corrected chi connectivity index (χ1v) is 13.2. The lowest BCUT2D eigenvalue weighted by molar-refractivity contribution is -0.153. The molecule has 0 saturated heterocycles.